The van der Waals surface area contributed by atoms with E-state index in [1.807, 2.05) is 31.3 Å². The minimum atomic E-state index is 0.463. The molecular weight excluding hydrogens is 172 g/mol. The molecule has 0 aromatic heterocycles. The summed E-state index contributed by atoms with van der Waals surface area (Å²) in [4.78, 5) is 0. The minimum Gasteiger partial charge on any atom is -0.309 e. The molecule has 0 aliphatic carbocycles. The summed E-state index contributed by atoms with van der Waals surface area (Å²) in [7, 11) is 1.87. The van der Waals surface area contributed by atoms with Crippen molar-refractivity contribution in [3.05, 3.63) is 35.4 Å². The number of nitrogens with one attached hydrogen (secondary N) is 1. The Morgan fingerprint density at radius 1 is 1.29 bits per heavy atom. The van der Waals surface area contributed by atoms with Gasteiger partial charge in [-0.1, -0.05) is 24.0 Å². The van der Waals surface area contributed by atoms with Gasteiger partial charge in [-0.15, -0.1) is 0 Å². The molecule has 0 spiro atoms. The molecule has 2 nitrogen and oxygen atoms in total. The Kier molecular flexibility index (Phi) is 4.27. The fourth-order valence-electron chi connectivity index (χ4n) is 1.03. The van der Waals surface area contributed by atoms with E-state index in [1.165, 1.54) is 0 Å². The normalized spacial score (nSPS) is 8.57. The average Bonchev–Trinajstić information content (AvgIpc) is 2.21. The van der Waals surface area contributed by atoms with Gasteiger partial charge in [-0.05, 0) is 24.7 Å². The molecule has 2 heteroatoms. The van der Waals surface area contributed by atoms with Gasteiger partial charge in [-0.25, -0.2) is 0 Å². The molecule has 0 fully saturated rings. The van der Waals surface area contributed by atoms with Gasteiger partial charge in [0.25, 0.3) is 0 Å². The summed E-state index contributed by atoms with van der Waals surface area (Å²) in [5, 5.41) is 11.4. The van der Waals surface area contributed by atoms with Crippen LogP contribution >= 0.6 is 0 Å². The van der Waals surface area contributed by atoms with Gasteiger partial charge in [-0.2, -0.15) is 5.26 Å². The maximum Gasteiger partial charge on any atom is 0.0669 e. The molecule has 0 unspecified atom stereocenters. The molecule has 0 radical (unpaired) electrons. The standard InChI is InChI=1S/C12H12N2/c1-14-10-2-3-11-4-6-12(7-5-11)8-9-13/h4-7,14H,8,10H2,1H3. The number of rotatable bonds is 2. The maximum absolute atomic E-state index is 8.48. The molecule has 0 bridgehead atoms. The van der Waals surface area contributed by atoms with E-state index in [-0.39, 0.29) is 0 Å². The Bertz CT molecular complexity index is 374. The van der Waals surface area contributed by atoms with Crippen LogP contribution in [-0.4, -0.2) is 13.6 Å². The van der Waals surface area contributed by atoms with Gasteiger partial charge in [0.05, 0.1) is 19.0 Å². The molecule has 70 valence electrons. The second-order valence-corrected chi connectivity index (χ2v) is 2.86. The Hall–Kier alpha value is -1.77. The Morgan fingerprint density at radius 2 is 2.00 bits per heavy atom. The van der Waals surface area contributed by atoms with Crippen LogP contribution in [0, 0.1) is 23.2 Å². The summed E-state index contributed by atoms with van der Waals surface area (Å²) in [6, 6.07) is 9.86. The lowest BCUT2D eigenvalue weighted by atomic mass is 10.1. The molecule has 0 saturated carbocycles. The Labute approximate surface area is 84.6 Å². The van der Waals surface area contributed by atoms with Gasteiger partial charge in [0, 0.05) is 5.56 Å². The third-order valence-corrected chi connectivity index (χ3v) is 1.74. The molecule has 0 aliphatic heterocycles. The van der Waals surface area contributed by atoms with Crippen molar-refractivity contribution in [1.82, 2.24) is 5.32 Å². The van der Waals surface area contributed by atoms with Crippen molar-refractivity contribution in [2.75, 3.05) is 13.6 Å². The summed E-state index contributed by atoms with van der Waals surface area (Å²) in [5.41, 5.74) is 2.02. The predicted molar refractivity (Wildman–Crippen MR) is 56.6 cm³/mol. The van der Waals surface area contributed by atoms with E-state index >= 15 is 0 Å². The van der Waals surface area contributed by atoms with Crippen LogP contribution in [0.4, 0.5) is 0 Å². The quantitative estimate of drug-likeness (QED) is 0.704. The van der Waals surface area contributed by atoms with E-state index in [0.29, 0.717) is 13.0 Å². The van der Waals surface area contributed by atoms with Gasteiger partial charge >= 0.3 is 0 Å². The van der Waals surface area contributed by atoms with Crippen LogP contribution in [0.5, 0.6) is 0 Å². The smallest absolute Gasteiger partial charge is 0.0669 e. The molecule has 0 atom stereocenters. The van der Waals surface area contributed by atoms with Crippen molar-refractivity contribution in [1.29, 1.82) is 5.26 Å². The third-order valence-electron chi connectivity index (χ3n) is 1.74. The Morgan fingerprint density at radius 3 is 2.57 bits per heavy atom. The summed E-state index contributed by atoms with van der Waals surface area (Å²) < 4.78 is 0. The van der Waals surface area contributed by atoms with E-state index in [4.69, 9.17) is 5.26 Å². The average molecular weight is 184 g/mol. The van der Waals surface area contributed by atoms with Gasteiger partial charge in [0.1, 0.15) is 0 Å². The zero-order valence-corrected chi connectivity index (χ0v) is 8.17. The van der Waals surface area contributed by atoms with Gasteiger partial charge in [0.2, 0.25) is 0 Å². The highest BCUT2D eigenvalue weighted by atomic mass is 14.8. The second-order valence-electron chi connectivity index (χ2n) is 2.86. The van der Waals surface area contributed by atoms with Crippen LogP contribution in [0.1, 0.15) is 11.1 Å². The van der Waals surface area contributed by atoms with Crippen LogP contribution in [0.3, 0.4) is 0 Å². The lowest BCUT2D eigenvalue weighted by Crippen LogP contribution is -2.04. The third kappa shape index (κ3) is 3.31. The maximum atomic E-state index is 8.48. The summed E-state index contributed by atoms with van der Waals surface area (Å²) in [6.45, 7) is 0.694. The SMILES string of the molecule is CNCC#Cc1ccc(CC#N)cc1. The molecule has 0 amide bonds. The van der Waals surface area contributed by atoms with Crippen LogP contribution in [-0.2, 0) is 6.42 Å². The van der Waals surface area contributed by atoms with Crippen LogP contribution in [0.15, 0.2) is 24.3 Å². The van der Waals surface area contributed by atoms with E-state index in [1.54, 1.807) is 0 Å². The fraction of sp³-hybridized carbons (Fsp3) is 0.250. The minimum absolute atomic E-state index is 0.463. The summed E-state index contributed by atoms with van der Waals surface area (Å²) >= 11 is 0. The number of nitrogens with zero attached hydrogens (tertiary/aromatic N) is 1. The monoisotopic (exact) mass is 184 g/mol. The molecule has 14 heavy (non-hydrogen) atoms. The van der Waals surface area contributed by atoms with Crippen LogP contribution < -0.4 is 5.32 Å². The number of nitriles is 1. The highest BCUT2D eigenvalue weighted by molar-refractivity contribution is 5.36. The molecule has 1 N–H and O–H groups in total. The second kappa shape index (κ2) is 5.80. The molecule has 1 aromatic rings. The molecular formula is C12H12N2. The van der Waals surface area contributed by atoms with Gasteiger partial charge in [0.15, 0.2) is 0 Å². The summed E-state index contributed by atoms with van der Waals surface area (Å²) in [5.74, 6) is 6.00. The number of hydrogen-bond acceptors (Lipinski definition) is 2. The molecule has 0 saturated heterocycles. The van der Waals surface area contributed by atoms with Crippen LogP contribution in [0.2, 0.25) is 0 Å². The van der Waals surface area contributed by atoms with Crippen molar-refractivity contribution in [2.24, 2.45) is 0 Å². The fourth-order valence-corrected chi connectivity index (χ4v) is 1.03. The van der Waals surface area contributed by atoms with E-state index in [9.17, 15) is 0 Å². The number of benzene rings is 1. The molecule has 1 aromatic carbocycles. The van der Waals surface area contributed by atoms with E-state index < -0.39 is 0 Å². The van der Waals surface area contributed by atoms with Crippen molar-refractivity contribution in [2.45, 2.75) is 6.42 Å². The summed E-state index contributed by atoms with van der Waals surface area (Å²) in [6.07, 6.45) is 0.463. The first kappa shape index (κ1) is 10.3. The highest BCUT2D eigenvalue weighted by Gasteiger charge is 1.90. The van der Waals surface area contributed by atoms with Crippen molar-refractivity contribution in [3.8, 4) is 17.9 Å². The molecule has 0 heterocycles. The van der Waals surface area contributed by atoms with E-state index in [0.717, 1.165) is 11.1 Å². The van der Waals surface area contributed by atoms with Crippen LogP contribution in [0.25, 0.3) is 0 Å². The predicted octanol–water partition coefficient (Wildman–Crippen LogP) is 1.32. The molecule has 0 aliphatic rings. The highest BCUT2D eigenvalue weighted by Crippen LogP contribution is 2.03. The zero-order chi connectivity index (χ0) is 10.2. The van der Waals surface area contributed by atoms with Crippen molar-refractivity contribution >= 4 is 0 Å². The first-order valence-electron chi connectivity index (χ1n) is 4.46. The van der Waals surface area contributed by atoms with Gasteiger partial charge in [-0.3, -0.25) is 0 Å². The lowest BCUT2D eigenvalue weighted by molar-refractivity contribution is 0.938. The van der Waals surface area contributed by atoms with Gasteiger partial charge < -0.3 is 5.32 Å². The van der Waals surface area contributed by atoms with E-state index in [2.05, 4.69) is 23.2 Å². The van der Waals surface area contributed by atoms with Crippen molar-refractivity contribution < 1.29 is 0 Å². The first-order valence-corrected chi connectivity index (χ1v) is 4.46. The topological polar surface area (TPSA) is 35.8 Å². The Balaban J connectivity index is 2.66. The molecule has 1 rings (SSSR count). The lowest BCUT2D eigenvalue weighted by Gasteiger charge is -1.93. The zero-order valence-electron chi connectivity index (χ0n) is 8.17. The number of hydrogen-bond donors (Lipinski definition) is 1. The largest absolute Gasteiger partial charge is 0.309 e. The van der Waals surface area contributed by atoms with Crippen molar-refractivity contribution in [3.63, 3.8) is 0 Å². The first-order chi connectivity index (χ1) is 6.86.